The molecule has 1 fully saturated rings. The van der Waals surface area contributed by atoms with Gasteiger partial charge in [0.15, 0.2) is 0 Å². The Morgan fingerprint density at radius 1 is 1.45 bits per heavy atom. The van der Waals surface area contributed by atoms with E-state index >= 15 is 0 Å². The molecule has 0 aliphatic carbocycles. The third-order valence-electron chi connectivity index (χ3n) is 3.48. The molecule has 5 nitrogen and oxygen atoms in total. The van der Waals surface area contributed by atoms with Crippen LogP contribution in [0.15, 0.2) is 30.5 Å². The summed E-state index contributed by atoms with van der Waals surface area (Å²) in [5.74, 6) is 1.19. The molecule has 1 aliphatic heterocycles. The molecule has 104 valence electrons. The fourth-order valence-electron chi connectivity index (χ4n) is 2.51. The van der Waals surface area contributed by atoms with Crippen LogP contribution in [0.5, 0.6) is 0 Å². The highest BCUT2D eigenvalue weighted by Crippen LogP contribution is 2.33. The van der Waals surface area contributed by atoms with E-state index in [0.29, 0.717) is 21.8 Å². The van der Waals surface area contributed by atoms with Gasteiger partial charge in [-0.25, -0.2) is 0 Å². The van der Waals surface area contributed by atoms with Gasteiger partial charge >= 0.3 is 5.69 Å². The molecule has 0 saturated carbocycles. The second kappa shape index (κ2) is 5.66. The molecule has 6 heteroatoms. The van der Waals surface area contributed by atoms with Gasteiger partial charge in [0, 0.05) is 18.0 Å². The summed E-state index contributed by atoms with van der Waals surface area (Å²) in [4.78, 5) is 15.2. The second-order valence-electron chi connectivity index (χ2n) is 4.80. The highest BCUT2D eigenvalue weighted by atomic mass is 32.2. The Balaban J connectivity index is 1.92. The van der Waals surface area contributed by atoms with Crippen molar-refractivity contribution in [2.75, 3.05) is 17.6 Å². The molecular formula is C14H15N3O2S. The van der Waals surface area contributed by atoms with Gasteiger partial charge in [-0.05, 0) is 42.9 Å². The molecule has 2 aromatic rings. The summed E-state index contributed by atoms with van der Waals surface area (Å²) < 4.78 is 0. The van der Waals surface area contributed by atoms with Crippen molar-refractivity contribution in [3.05, 3.63) is 40.6 Å². The number of benzene rings is 1. The van der Waals surface area contributed by atoms with E-state index < -0.39 is 0 Å². The predicted octanol–water partition coefficient (Wildman–Crippen LogP) is 3.45. The fourth-order valence-corrected chi connectivity index (χ4v) is 3.71. The molecule has 3 rings (SSSR count). The Labute approximate surface area is 120 Å². The van der Waals surface area contributed by atoms with Crippen molar-refractivity contribution in [1.82, 2.24) is 4.98 Å². The van der Waals surface area contributed by atoms with Crippen molar-refractivity contribution < 1.29 is 4.92 Å². The first-order valence-corrected chi connectivity index (χ1v) is 7.68. The summed E-state index contributed by atoms with van der Waals surface area (Å²) in [7, 11) is 0. The molecule has 20 heavy (non-hydrogen) atoms. The number of pyridine rings is 1. The lowest BCUT2D eigenvalue weighted by Gasteiger charge is -2.12. The molecule has 1 atom stereocenters. The standard InChI is InChI=1S/C14H15N3O2S/c18-17(19)14-11-4-1-7-15-12(11)5-6-13(14)16-9-10-3-2-8-20-10/h1,4-7,10,16H,2-3,8-9H2. The number of nitro benzene ring substituents is 1. The lowest BCUT2D eigenvalue weighted by atomic mass is 10.1. The maximum absolute atomic E-state index is 11.4. The van der Waals surface area contributed by atoms with Crippen molar-refractivity contribution in [2.24, 2.45) is 0 Å². The van der Waals surface area contributed by atoms with Gasteiger partial charge in [0.05, 0.1) is 15.8 Å². The van der Waals surface area contributed by atoms with Gasteiger partial charge in [-0.15, -0.1) is 0 Å². The van der Waals surface area contributed by atoms with Gasteiger partial charge in [-0.3, -0.25) is 15.1 Å². The van der Waals surface area contributed by atoms with Crippen molar-refractivity contribution in [1.29, 1.82) is 0 Å². The second-order valence-corrected chi connectivity index (χ2v) is 6.21. The predicted molar refractivity (Wildman–Crippen MR) is 82.4 cm³/mol. The first kappa shape index (κ1) is 13.2. The lowest BCUT2D eigenvalue weighted by molar-refractivity contribution is -0.382. The Bertz CT molecular complexity index is 641. The van der Waals surface area contributed by atoms with E-state index in [2.05, 4.69) is 10.3 Å². The zero-order valence-electron chi connectivity index (χ0n) is 10.9. The molecule has 0 amide bonds. The molecule has 0 radical (unpaired) electrons. The molecule has 2 heterocycles. The van der Waals surface area contributed by atoms with Gasteiger partial charge in [0.1, 0.15) is 5.69 Å². The number of hydrogen-bond donors (Lipinski definition) is 1. The quantitative estimate of drug-likeness (QED) is 0.689. The number of rotatable bonds is 4. The zero-order chi connectivity index (χ0) is 13.9. The zero-order valence-corrected chi connectivity index (χ0v) is 11.7. The number of thioether (sulfide) groups is 1. The average Bonchev–Trinajstić information content (AvgIpc) is 2.97. The Hall–Kier alpha value is -1.82. The SMILES string of the molecule is O=[N+]([O-])c1c(NCC2CCCS2)ccc2ncccc12. The van der Waals surface area contributed by atoms with Crippen LogP contribution >= 0.6 is 11.8 Å². The third-order valence-corrected chi connectivity index (χ3v) is 4.88. The first-order chi connectivity index (χ1) is 9.75. The number of nitrogens with one attached hydrogen (secondary N) is 1. The highest BCUT2D eigenvalue weighted by Gasteiger charge is 2.21. The molecule has 1 aliphatic rings. The van der Waals surface area contributed by atoms with E-state index in [9.17, 15) is 10.1 Å². The van der Waals surface area contributed by atoms with Gasteiger partial charge in [0.25, 0.3) is 0 Å². The Morgan fingerprint density at radius 2 is 2.35 bits per heavy atom. The summed E-state index contributed by atoms with van der Waals surface area (Å²) in [5, 5.41) is 15.7. The van der Waals surface area contributed by atoms with Crippen molar-refractivity contribution in [3.8, 4) is 0 Å². The maximum atomic E-state index is 11.4. The minimum Gasteiger partial charge on any atom is -0.378 e. The molecule has 0 bridgehead atoms. The van der Waals surface area contributed by atoms with Crippen LogP contribution < -0.4 is 5.32 Å². The minimum absolute atomic E-state index is 0.124. The fraction of sp³-hybridized carbons (Fsp3) is 0.357. The molecule has 1 saturated heterocycles. The van der Waals surface area contributed by atoms with Crippen molar-refractivity contribution in [3.63, 3.8) is 0 Å². The van der Waals surface area contributed by atoms with Crippen LogP contribution in [-0.2, 0) is 0 Å². The summed E-state index contributed by atoms with van der Waals surface area (Å²) in [6.45, 7) is 0.775. The van der Waals surface area contributed by atoms with Gasteiger partial charge in [0.2, 0.25) is 0 Å². The topological polar surface area (TPSA) is 68.1 Å². The molecule has 1 aromatic carbocycles. The van der Waals surface area contributed by atoms with E-state index in [-0.39, 0.29) is 10.6 Å². The summed E-state index contributed by atoms with van der Waals surface area (Å²) in [6, 6.07) is 7.06. The minimum atomic E-state index is -0.325. The van der Waals surface area contributed by atoms with Gasteiger partial charge < -0.3 is 5.32 Å². The van der Waals surface area contributed by atoms with E-state index in [1.54, 1.807) is 24.4 Å². The van der Waals surface area contributed by atoms with Crippen LogP contribution in [0.2, 0.25) is 0 Å². The molecular weight excluding hydrogens is 274 g/mol. The lowest BCUT2D eigenvalue weighted by Crippen LogP contribution is -2.14. The number of anilines is 1. The number of fused-ring (bicyclic) bond motifs is 1. The van der Waals surface area contributed by atoms with Crippen LogP contribution in [0.4, 0.5) is 11.4 Å². The summed E-state index contributed by atoms with van der Waals surface area (Å²) in [6.07, 6.45) is 4.07. The first-order valence-electron chi connectivity index (χ1n) is 6.63. The van der Waals surface area contributed by atoms with Crippen LogP contribution in [0, 0.1) is 10.1 Å². The van der Waals surface area contributed by atoms with Gasteiger partial charge in [-0.2, -0.15) is 11.8 Å². The maximum Gasteiger partial charge on any atom is 0.301 e. The molecule has 0 spiro atoms. The average molecular weight is 289 g/mol. The largest absolute Gasteiger partial charge is 0.378 e. The van der Waals surface area contributed by atoms with Crippen LogP contribution in [0.1, 0.15) is 12.8 Å². The van der Waals surface area contributed by atoms with E-state index in [1.807, 2.05) is 17.8 Å². The third kappa shape index (κ3) is 2.56. The number of aromatic nitrogens is 1. The monoisotopic (exact) mass is 289 g/mol. The van der Waals surface area contributed by atoms with Crippen molar-refractivity contribution in [2.45, 2.75) is 18.1 Å². The van der Waals surface area contributed by atoms with E-state index in [0.717, 1.165) is 6.54 Å². The van der Waals surface area contributed by atoms with Crippen LogP contribution in [-0.4, -0.2) is 27.5 Å². The number of hydrogen-bond acceptors (Lipinski definition) is 5. The normalized spacial score (nSPS) is 18.3. The Kier molecular flexibility index (Phi) is 3.73. The molecule has 1 N–H and O–H groups in total. The molecule has 1 unspecified atom stereocenters. The summed E-state index contributed by atoms with van der Waals surface area (Å²) in [5.41, 5.74) is 1.36. The smallest absolute Gasteiger partial charge is 0.301 e. The van der Waals surface area contributed by atoms with Crippen molar-refractivity contribution >= 4 is 34.0 Å². The number of nitro groups is 1. The van der Waals surface area contributed by atoms with Gasteiger partial charge in [-0.1, -0.05) is 0 Å². The van der Waals surface area contributed by atoms with Crippen LogP contribution in [0.3, 0.4) is 0 Å². The van der Waals surface area contributed by atoms with E-state index in [1.165, 1.54) is 18.6 Å². The molecule has 1 aromatic heterocycles. The summed E-state index contributed by atoms with van der Waals surface area (Å²) >= 11 is 1.93. The highest BCUT2D eigenvalue weighted by molar-refractivity contribution is 8.00. The Morgan fingerprint density at radius 3 is 3.10 bits per heavy atom. The van der Waals surface area contributed by atoms with E-state index in [4.69, 9.17) is 0 Å². The number of nitrogens with zero attached hydrogens (tertiary/aromatic N) is 2. The van der Waals surface area contributed by atoms with Crippen LogP contribution in [0.25, 0.3) is 10.9 Å².